The van der Waals surface area contributed by atoms with Gasteiger partial charge in [0.05, 0.1) is 29.5 Å². The van der Waals surface area contributed by atoms with E-state index in [0.29, 0.717) is 23.6 Å². The summed E-state index contributed by atoms with van der Waals surface area (Å²) in [6.45, 7) is 4.13. The van der Waals surface area contributed by atoms with Gasteiger partial charge in [0.25, 0.3) is 0 Å². The third kappa shape index (κ3) is 2.12. The smallest absolute Gasteiger partial charge is 0.201 e. The maximum Gasteiger partial charge on any atom is 0.201 e. The van der Waals surface area contributed by atoms with E-state index in [-0.39, 0.29) is 17.4 Å². The number of phenols is 3. The van der Waals surface area contributed by atoms with Gasteiger partial charge in [0.2, 0.25) is 5.75 Å². The average Bonchev–Trinajstić information content (AvgIpc) is 2.96. The number of fused-ring (bicyclic) bond motifs is 4. The molecule has 3 aliphatic rings. The van der Waals surface area contributed by atoms with Crippen LogP contribution >= 0.6 is 0 Å². The highest BCUT2D eigenvalue weighted by molar-refractivity contribution is 5.87. The highest BCUT2D eigenvalue weighted by atomic mass is 16.7. The molecule has 1 aromatic rings. The summed E-state index contributed by atoms with van der Waals surface area (Å²) in [6, 6.07) is 0.717. The number of nitrogens with zero attached hydrogens (tertiary/aromatic N) is 1. The number of aliphatic hydroxyl groups is 1. The van der Waals surface area contributed by atoms with E-state index in [2.05, 4.69) is 5.32 Å². The minimum absolute atomic E-state index is 0.0576. The van der Waals surface area contributed by atoms with Gasteiger partial charge in [-0.05, 0) is 19.4 Å². The van der Waals surface area contributed by atoms with Gasteiger partial charge in [0.15, 0.2) is 11.5 Å². The molecule has 1 saturated heterocycles. The predicted molar refractivity (Wildman–Crippen MR) is 95.2 cm³/mol. The second kappa shape index (κ2) is 5.50. The molecule has 138 valence electrons. The van der Waals surface area contributed by atoms with Crippen molar-refractivity contribution in [2.75, 3.05) is 11.9 Å². The fourth-order valence-electron chi connectivity index (χ4n) is 3.65. The molecule has 26 heavy (non-hydrogen) atoms. The molecular weight excluding hydrogens is 338 g/mol. The third-order valence-electron chi connectivity index (χ3n) is 5.14. The summed E-state index contributed by atoms with van der Waals surface area (Å²) < 4.78 is 0. The molecule has 1 fully saturated rings. The minimum Gasteiger partial charge on any atom is -0.507 e. The number of rotatable bonds is 2. The van der Waals surface area contributed by atoms with Crippen LogP contribution in [0.3, 0.4) is 0 Å². The van der Waals surface area contributed by atoms with E-state index < -0.39 is 23.3 Å². The fraction of sp³-hybridized carbons (Fsp3) is 0.333. The van der Waals surface area contributed by atoms with Crippen molar-refractivity contribution in [2.45, 2.75) is 32.4 Å². The topological polar surface area (TPSA) is 131 Å². The van der Waals surface area contributed by atoms with Crippen LogP contribution in [-0.2, 0) is 4.84 Å². The van der Waals surface area contributed by atoms with Crippen LogP contribution in [0.2, 0.25) is 0 Å². The fourth-order valence-corrected chi connectivity index (χ4v) is 3.65. The number of phenolic OH excluding ortho intramolecular Hbond substituents is 3. The van der Waals surface area contributed by atoms with Crippen molar-refractivity contribution in [1.29, 1.82) is 0 Å². The Balaban J connectivity index is 1.82. The van der Waals surface area contributed by atoms with Gasteiger partial charge in [-0.15, -0.1) is 0 Å². The number of aromatic hydroxyl groups is 3. The van der Waals surface area contributed by atoms with Gasteiger partial charge in [-0.1, -0.05) is 6.92 Å². The van der Waals surface area contributed by atoms with Crippen LogP contribution in [0.4, 0.5) is 5.69 Å². The van der Waals surface area contributed by atoms with E-state index in [1.165, 1.54) is 6.07 Å². The van der Waals surface area contributed by atoms with Crippen LogP contribution in [0.25, 0.3) is 5.76 Å². The summed E-state index contributed by atoms with van der Waals surface area (Å²) in [5.74, 6) is -1.15. The Morgan fingerprint density at radius 2 is 2.04 bits per heavy atom. The van der Waals surface area contributed by atoms with E-state index >= 15 is 0 Å². The number of hydroxylamine groups is 2. The molecule has 2 unspecified atom stereocenters. The summed E-state index contributed by atoms with van der Waals surface area (Å²) in [6.07, 6.45) is 2.71. The molecule has 4 rings (SSSR count). The van der Waals surface area contributed by atoms with Crippen molar-refractivity contribution in [2.24, 2.45) is 5.73 Å². The number of anilines is 1. The number of aliphatic hydroxyl groups excluding tert-OH is 1. The maximum absolute atomic E-state index is 10.7. The Kier molecular flexibility index (Phi) is 3.48. The number of hydrogen-bond donors (Lipinski definition) is 6. The molecule has 0 bridgehead atoms. The zero-order chi connectivity index (χ0) is 18.7. The Morgan fingerprint density at radius 1 is 1.31 bits per heavy atom. The van der Waals surface area contributed by atoms with E-state index in [4.69, 9.17) is 10.6 Å². The number of nitrogens with two attached hydrogens (primary N) is 1. The molecule has 0 spiro atoms. The van der Waals surface area contributed by atoms with Gasteiger partial charge in [0.1, 0.15) is 11.5 Å². The first-order chi connectivity index (χ1) is 12.3. The standard InChI is InChI=1S/C18H21N3O5/c1-3-10(19)8-4-12-15-9(6-21(12)26-7(8)2)16(23)14-11(20-15)5-13(22)17(24)18(14)25/h4-5,10,15,20,22-25H,3,6,19H2,1-2H3. The van der Waals surface area contributed by atoms with Crippen molar-refractivity contribution in [3.8, 4) is 17.2 Å². The van der Waals surface area contributed by atoms with Crippen molar-refractivity contribution in [3.63, 3.8) is 0 Å². The number of benzene rings is 1. The third-order valence-corrected chi connectivity index (χ3v) is 5.14. The number of hydrogen-bond acceptors (Lipinski definition) is 8. The van der Waals surface area contributed by atoms with Gasteiger partial charge in [-0.3, -0.25) is 0 Å². The SMILES string of the molecule is CCC(N)C1=C(C)ON2CC3=C(O)c4c(cc(O)c(O)c4O)NC3C2=C1. The van der Waals surface area contributed by atoms with Crippen molar-refractivity contribution < 1.29 is 25.3 Å². The lowest BCUT2D eigenvalue weighted by Gasteiger charge is -2.30. The van der Waals surface area contributed by atoms with E-state index in [1.807, 2.05) is 19.9 Å². The van der Waals surface area contributed by atoms with E-state index in [0.717, 1.165) is 17.7 Å². The first-order valence-corrected chi connectivity index (χ1v) is 8.43. The summed E-state index contributed by atoms with van der Waals surface area (Å²) in [5, 5.41) is 45.2. The van der Waals surface area contributed by atoms with Gasteiger partial charge in [-0.25, -0.2) is 5.06 Å². The van der Waals surface area contributed by atoms with Crippen LogP contribution in [0.5, 0.6) is 17.2 Å². The molecule has 0 aliphatic carbocycles. The first kappa shape index (κ1) is 16.5. The van der Waals surface area contributed by atoms with Gasteiger partial charge < -0.3 is 36.3 Å². The lowest BCUT2D eigenvalue weighted by molar-refractivity contribution is -0.0767. The average molecular weight is 359 g/mol. The molecule has 0 aromatic heterocycles. The molecule has 7 N–H and O–H groups in total. The molecule has 3 heterocycles. The summed E-state index contributed by atoms with van der Waals surface area (Å²) in [4.78, 5) is 5.88. The quantitative estimate of drug-likeness (QED) is 0.349. The van der Waals surface area contributed by atoms with E-state index in [1.54, 1.807) is 5.06 Å². The van der Waals surface area contributed by atoms with Crippen molar-refractivity contribution in [1.82, 2.24) is 5.06 Å². The Hall–Kier alpha value is -3.00. The van der Waals surface area contributed by atoms with Crippen LogP contribution in [0.15, 0.2) is 34.7 Å². The zero-order valence-corrected chi connectivity index (χ0v) is 14.4. The molecule has 8 heteroatoms. The van der Waals surface area contributed by atoms with Gasteiger partial charge in [0, 0.05) is 23.3 Å². The number of allylic oxidation sites excluding steroid dienone is 1. The second-order valence-corrected chi connectivity index (χ2v) is 6.69. The van der Waals surface area contributed by atoms with Crippen molar-refractivity contribution >= 4 is 11.4 Å². The highest BCUT2D eigenvalue weighted by Gasteiger charge is 2.43. The molecule has 3 aliphatic heterocycles. The zero-order valence-electron chi connectivity index (χ0n) is 14.4. The summed E-state index contributed by atoms with van der Waals surface area (Å²) >= 11 is 0. The maximum atomic E-state index is 10.7. The molecular formula is C18H21N3O5. The monoisotopic (exact) mass is 359 g/mol. The molecule has 2 atom stereocenters. The number of nitrogens with one attached hydrogen (secondary N) is 1. The van der Waals surface area contributed by atoms with Crippen LogP contribution in [0.1, 0.15) is 25.8 Å². The second-order valence-electron chi connectivity index (χ2n) is 6.69. The molecule has 8 nitrogen and oxygen atoms in total. The van der Waals surface area contributed by atoms with Crippen LogP contribution in [0, 0.1) is 0 Å². The normalized spacial score (nSPS) is 22.2. The molecule has 0 saturated carbocycles. The predicted octanol–water partition coefficient (Wildman–Crippen LogP) is 2.02. The van der Waals surface area contributed by atoms with Crippen molar-refractivity contribution in [3.05, 3.63) is 40.3 Å². The Morgan fingerprint density at radius 3 is 2.73 bits per heavy atom. The van der Waals surface area contributed by atoms with Gasteiger partial charge in [-0.2, -0.15) is 0 Å². The Labute approximate surface area is 150 Å². The molecule has 1 aromatic carbocycles. The highest BCUT2D eigenvalue weighted by Crippen LogP contribution is 2.50. The summed E-state index contributed by atoms with van der Waals surface area (Å²) in [5.41, 5.74) is 8.83. The van der Waals surface area contributed by atoms with Gasteiger partial charge >= 0.3 is 0 Å². The molecule has 0 amide bonds. The lowest BCUT2D eigenvalue weighted by atomic mass is 9.93. The lowest BCUT2D eigenvalue weighted by Crippen LogP contribution is -2.32. The minimum atomic E-state index is -0.670. The van der Waals surface area contributed by atoms with Crippen LogP contribution in [-0.4, -0.2) is 44.1 Å². The molecule has 0 radical (unpaired) electrons. The Bertz CT molecular complexity index is 903. The summed E-state index contributed by atoms with van der Waals surface area (Å²) in [7, 11) is 0. The van der Waals surface area contributed by atoms with Crippen LogP contribution < -0.4 is 11.1 Å². The largest absolute Gasteiger partial charge is 0.507 e. The first-order valence-electron chi connectivity index (χ1n) is 8.43. The van der Waals surface area contributed by atoms with E-state index in [9.17, 15) is 20.4 Å².